The molecule has 3 heterocycles. The van der Waals surface area contributed by atoms with Crippen LogP contribution < -0.4 is 5.32 Å². The number of carbonyl (C=O) groups excluding carboxylic acids is 3. The van der Waals surface area contributed by atoms with Gasteiger partial charge in [0.2, 0.25) is 0 Å². The van der Waals surface area contributed by atoms with E-state index in [-0.39, 0.29) is 39.9 Å². The fourth-order valence-electron chi connectivity index (χ4n) is 4.52. The number of aromatic nitrogens is 3. The van der Waals surface area contributed by atoms with E-state index in [0.29, 0.717) is 12.4 Å². The summed E-state index contributed by atoms with van der Waals surface area (Å²) in [4.78, 5) is 44.7. The van der Waals surface area contributed by atoms with Crippen molar-refractivity contribution in [1.82, 2.24) is 19.7 Å². The van der Waals surface area contributed by atoms with E-state index in [4.69, 9.17) is 4.98 Å². The quantitative estimate of drug-likeness (QED) is 0.412. The number of amides is 3. The Kier molecular flexibility index (Phi) is 5.80. The van der Waals surface area contributed by atoms with Crippen LogP contribution in [0.2, 0.25) is 0 Å². The Morgan fingerprint density at radius 3 is 2.54 bits per heavy atom. The van der Waals surface area contributed by atoms with Crippen LogP contribution in [0.15, 0.2) is 48.7 Å². The molecule has 0 unspecified atom stereocenters. The number of anilines is 1. The van der Waals surface area contributed by atoms with E-state index in [2.05, 4.69) is 16.5 Å². The number of imide groups is 1. The van der Waals surface area contributed by atoms with E-state index >= 15 is 0 Å². The maximum atomic E-state index is 13.3. The van der Waals surface area contributed by atoms with Crippen molar-refractivity contribution in [3.63, 3.8) is 0 Å². The number of hydrogen-bond donors (Lipinski definition) is 1. The van der Waals surface area contributed by atoms with Crippen LogP contribution in [-0.4, -0.2) is 43.9 Å². The molecular weight excluding hydrogens is 468 g/mol. The van der Waals surface area contributed by atoms with Crippen LogP contribution in [-0.2, 0) is 0 Å². The number of nitrogens with zero attached hydrogens (tertiary/aromatic N) is 5. The van der Waals surface area contributed by atoms with E-state index < -0.39 is 11.8 Å². The number of hydrogen-bond acceptors (Lipinski definition) is 6. The Morgan fingerprint density at radius 2 is 1.81 bits per heavy atom. The van der Waals surface area contributed by atoms with Crippen molar-refractivity contribution in [3.8, 4) is 11.9 Å². The minimum atomic E-state index is -0.544. The van der Waals surface area contributed by atoms with Gasteiger partial charge in [0, 0.05) is 17.5 Å². The summed E-state index contributed by atoms with van der Waals surface area (Å²) in [6.45, 7) is 8.08. The molecule has 184 valence electrons. The minimum Gasteiger partial charge on any atom is -0.305 e. The Labute approximate surface area is 213 Å². The fraction of sp³-hybridized carbons (Fsp3) is 0.214. The smallest absolute Gasteiger partial charge is 0.261 e. The molecule has 2 aromatic carbocycles. The van der Waals surface area contributed by atoms with Gasteiger partial charge in [-0.15, -0.1) is 0 Å². The van der Waals surface area contributed by atoms with Gasteiger partial charge in [0.05, 0.1) is 22.8 Å². The zero-order valence-corrected chi connectivity index (χ0v) is 20.9. The van der Waals surface area contributed by atoms with Crippen LogP contribution in [0.4, 0.5) is 5.82 Å². The lowest BCUT2D eigenvalue weighted by molar-refractivity contribution is 0.0636. The molecule has 5 rings (SSSR count). The lowest BCUT2D eigenvalue weighted by Crippen LogP contribution is -2.33. The molecule has 3 amide bonds. The van der Waals surface area contributed by atoms with Gasteiger partial charge in [-0.3, -0.25) is 19.3 Å². The Bertz CT molecular complexity index is 1660. The molecule has 1 N–H and O–H groups in total. The highest BCUT2D eigenvalue weighted by molar-refractivity contribution is 6.22. The number of benzene rings is 2. The molecule has 0 atom stereocenters. The van der Waals surface area contributed by atoms with Gasteiger partial charge < -0.3 is 5.32 Å². The summed E-state index contributed by atoms with van der Waals surface area (Å²) in [7, 11) is 0. The van der Waals surface area contributed by atoms with Gasteiger partial charge in [-0.1, -0.05) is 32.0 Å². The van der Waals surface area contributed by atoms with Crippen molar-refractivity contribution < 1.29 is 14.4 Å². The van der Waals surface area contributed by atoms with Crippen LogP contribution in [0.5, 0.6) is 0 Å². The molecule has 4 aromatic rings. The first-order chi connectivity index (χ1) is 17.7. The second-order valence-electron chi connectivity index (χ2n) is 9.53. The summed E-state index contributed by atoms with van der Waals surface area (Å²) < 4.78 is 1.42. The topological polar surface area (TPSA) is 121 Å². The average Bonchev–Trinajstić information content (AvgIpc) is 3.38. The third kappa shape index (κ3) is 4.02. The van der Waals surface area contributed by atoms with E-state index in [1.807, 2.05) is 52.0 Å². The first-order valence-electron chi connectivity index (χ1n) is 11.9. The molecule has 37 heavy (non-hydrogen) atoms. The zero-order valence-electron chi connectivity index (χ0n) is 20.9. The average molecular weight is 493 g/mol. The minimum absolute atomic E-state index is 0.116. The highest BCUT2D eigenvalue weighted by Gasteiger charge is 2.36. The van der Waals surface area contributed by atoms with Crippen LogP contribution >= 0.6 is 0 Å². The summed E-state index contributed by atoms with van der Waals surface area (Å²) >= 11 is 0. The lowest BCUT2D eigenvalue weighted by atomic mass is 10.1. The Hall–Kier alpha value is -4.84. The molecule has 9 nitrogen and oxygen atoms in total. The summed E-state index contributed by atoms with van der Waals surface area (Å²) in [5.41, 5.74) is 3.57. The highest BCUT2D eigenvalue weighted by atomic mass is 16.2. The van der Waals surface area contributed by atoms with Gasteiger partial charge in [0.15, 0.2) is 11.6 Å². The predicted molar refractivity (Wildman–Crippen MR) is 138 cm³/mol. The number of aryl methyl sites for hydroxylation is 2. The van der Waals surface area contributed by atoms with Crippen molar-refractivity contribution in [3.05, 3.63) is 82.0 Å². The molecular formula is C28H24N6O3. The van der Waals surface area contributed by atoms with Crippen LogP contribution in [0.3, 0.4) is 0 Å². The molecule has 0 spiro atoms. The van der Waals surface area contributed by atoms with Crippen LogP contribution in [0.1, 0.15) is 61.6 Å². The first kappa shape index (κ1) is 23.9. The van der Waals surface area contributed by atoms with Gasteiger partial charge in [-0.2, -0.15) is 15.0 Å². The van der Waals surface area contributed by atoms with E-state index in [0.717, 1.165) is 22.0 Å². The third-order valence-electron chi connectivity index (χ3n) is 6.35. The summed E-state index contributed by atoms with van der Waals surface area (Å²) in [5.74, 6) is -0.592. The fourth-order valence-corrected chi connectivity index (χ4v) is 4.52. The van der Waals surface area contributed by atoms with Crippen molar-refractivity contribution >= 4 is 34.4 Å². The number of nitrogens with one attached hydrogen (secondary N) is 1. The zero-order chi connectivity index (χ0) is 26.4. The maximum absolute atomic E-state index is 13.3. The molecule has 1 aliphatic rings. The normalized spacial score (nSPS) is 12.8. The van der Waals surface area contributed by atoms with Crippen molar-refractivity contribution in [1.29, 1.82) is 5.26 Å². The first-order valence-corrected chi connectivity index (χ1v) is 11.9. The van der Waals surface area contributed by atoms with Crippen LogP contribution in [0.25, 0.3) is 16.7 Å². The molecule has 9 heteroatoms. The Morgan fingerprint density at radius 1 is 1.05 bits per heavy atom. The van der Waals surface area contributed by atoms with Gasteiger partial charge in [-0.05, 0) is 55.2 Å². The molecule has 0 saturated heterocycles. The molecule has 0 saturated carbocycles. The number of fused-ring (bicyclic) bond motifs is 2. The van der Waals surface area contributed by atoms with E-state index in [9.17, 15) is 19.6 Å². The number of pyridine rings is 1. The molecule has 1 aliphatic heterocycles. The van der Waals surface area contributed by atoms with Crippen molar-refractivity contribution in [2.75, 3.05) is 11.9 Å². The second kappa shape index (κ2) is 8.99. The number of carbonyl (C=O) groups is 3. The second-order valence-corrected chi connectivity index (χ2v) is 9.53. The SMILES string of the molecule is Cc1cc(-n2ncc(C#N)c2NC(=O)c2ccc3c(c2)C(=O)N(CC(C)C)C3=O)nc2c(C)cccc12. The molecule has 0 bridgehead atoms. The highest BCUT2D eigenvalue weighted by Crippen LogP contribution is 2.27. The number of nitriles is 1. The van der Waals surface area contributed by atoms with Gasteiger partial charge in [-0.25, -0.2) is 4.98 Å². The molecule has 0 fully saturated rings. The van der Waals surface area contributed by atoms with Crippen molar-refractivity contribution in [2.24, 2.45) is 5.92 Å². The van der Waals surface area contributed by atoms with Gasteiger partial charge in [0.25, 0.3) is 17.7 Å². The molecule has 0 aliphatic carbocycles. The monoisotopic (exact) mass is 492 g/mol. The molecule has 2 aromatic heterocycles. The number of para-hydroxylation sites is 1. The summed E-state index contributed by atoms with van der Waals surface area (Å²) in [5, 5.41) is 17.7. The van der Waals surface area contributed by atoms with E-state index in [1.54, 1.807) is 0 Å². The van der Waals surface area contributed by atoms with Crippen LogP contribution in [0, 0.1) is 31.1 Å². The van der Waals surface area contributed by atoms with Crippen molar-refractivity contribution in [2.45, 2.75) is 27.7 Å². The largest absolute Gasteiger partial charge is 0.305 e. The Balaban J connectivity index is 1.51. The van der Waals surface area contributed by atoms with Gasteiger partial charge >= 0.3 is 0 Å². The van der Waals surface area contributed by atoms with E-state index in [1.165, 1.54) is 34.0 Å². The van der Waals surface area contributed by atoms with Gasteiger partial charge in [0.1, 0.15) is 11.6 Å². The number of rotatable bonds is 5. The predicted octanol–water partition coefficient (Wildman–Crippen LogP) is 4.41. The third-order valence-corrected chi connectivity index (χ3v) is 6.35. The lowest BCUT2D eigenvalue weighted by Gasteiger charge is -2.15. The summed E-state index contributed by atoms with van der Waals surface area (Å²) in [6, 6.07) is 14.2. The molecule has 0 radical (unpaired) electrons. The standard InChI is InChI=1S/C28H24N6O3/c1-15(2)14-33-27(36)21-9-8-18(11-22(21)28(33)37)26(35)32-25-19(12-29)13-30-34(25)23-10-17(4)20-7-5-6-16(3)24(20)31-23/h5-11,13,15H,14H2,1-4H3,(H,32,35). The summed E-state index contributed by atoms with van der Waals surface area (Å²) in [6.07, 6.45) is 1.36. The maximum Gasteiger partial charge on any atom is 0.261 e.